The van der Waals surface area contributed by atoms with E-state index in [1.54, 1.807) is 106 Å². The highest BCUT2D eigenvalue weighted by Crippen LogP contribution is 2.53. The van der Waals surface area contributed by atoms with Gasteiger partial charge < -0.3 is 0 Å². The van der Waals surface area contributed by atoms with Crippen LogP contribution in [-0.4, -0.2) is 9.97 Å². The van der Waals surface area contributed by atoms with E-state index in [-0.39, 0.29) is 0 Å². The smallest absolute Gasteiger partial charge is 0.0887 e. The van der Waals surface area contributed by atoms with Crippen molar-refractivity contribution in [3.8, 4) is 35.1 Å². The highest BCUT2D eigenvalue weighted by Gasteiger charge is 2.18. The first kappa shape index (κ1) is 25.0. The Morgan fingerprint density at radius 1 is 0.472 bits per heavy atom. The van der Waals surface area contributed by atoms with Crippen molar-refractivity contribution in [1.29, 1.82) is 0 Å². The molecule has 2 nitrogen and oxygen atoms in total. The van der Waals surface area contributed by atoms with Crippen molar-refractivity contribution < 1.29 is 0 Å². The lowest BCUT2D eigenvalue weighted by atomic mass is 10.2. The topological polar surface area (TPSA) is 25.8 Å². The molecule has 0 aromatic carbocycles. The molecule has 0 aliphatic carbocycles. The summed E-state index contributed by atoms with van der Waals surface area (Å²) in [5.74, 6) is 13.0. The summed E-state index contributed by atoms with van der Waals surface area (Å²) in [6, 6.07) is 7.92. The quantitative estimate of drug-likeness (QED) is 0.291. The summed E-state index contributed by atoms with van der Waals surface area (Å²) in [4.78, 5) is 11.3. The van der Waals surface area contributed by atoms with Crippen molar-refractivity contribution in [3.05, 3.63) is 107 Å². The fourth-order valence-corrected chi connectivity index (χ4v) is 11.4. The molecule has 0 amide bonds. The third kappa shape index (κ3) is 6.20. The van der Waals surface area contributed by atoms with E-state index in [4.69, 9.17) is 0 Å². The van der Waals surface area contributed by atoms with E-state index in [2.05, 4.69) is 66.1 Å². The second-order valence-electron chi connectivity index (χ2n) is 6.93. The minimum absolute atomic E-state index is 0.821. The molecule has 4 aliphatic heterocycles. The standard InChI is InChI=1S/C26H12N2S8/c1(5-19-15-33-25(35-19)23-29-9-10-30-23)17-3-7-21(27-13-17)22-8-4-18(14-28-22)2-6-20-16-34-26(36-20)24-31-11-12-32-24/h3-4,7-16H. The first-order chi connectivity index (χ1) is 17.8. The molecular weight excluding hydrogens is 597 g/mol. The van der Waals surface area contributed by atoms with E-state index in [1.807, 2.05) is 24.3 Å². The predicted octanol–water partition coefficient (Wildman–Crippen LogP) is 9.64. The van der Waals surface area contributed by atoms with Crippen LogP contribution in [0.3, 0.4) is 0 Å². The Morgan fingerprint density at radius 3 is 1.31 bits per heavy atom. The SMILES string of the molecule is C(#Cc1ccc(-c2ccc(C#CC3=CSC(=C4SC=CS4)S3)cn2)nc1)C1=CSC(=C2SC=CS2)S1. The minimum Gasteiger partial charge on any atom is -0.253 e. The molecule has 6 heterocycles. The van der Waals surface area contributed by atoms with Gasteiger partial charge >= 0.3 is 0 Å². The summed E-state index contributed by atoms with van der Waals surface area (Å²) >= 11 is 14.1. The van der Waals surface area contributed by atoms with Crippen LogP contribution in [0.15, 0.2) is 95.9 Å². The second-order valence-corrected chi connectivity index (χ2v) is 15.5. The number of hydrogen-bond acceptors (Lipinski definition) is 10. The molecule has 174 valence electrons. The van der Waals surface area contributed by atoms with Gasteiger partial charge in [-0.1, -0.05) is 118 Å². The van der Waals surface area contributed by atoms with Gasteiger partial charge in [-0.2, -0.15) is 0 Å². The Kier molecular flexibility index (Phi) is 8.33. The summed E-state index contributed by atoms with van der Waals surface area (Å²) in [7, 11) is 0. The molecule has 0 saturated carbocycles. The Balaban J connectivity index is 1.06. The molecule has 2 aromatic rings. The van der Waals surface area contributed by atoms with Crippen LogP contribution < -0.4 is 0 Å². The van der Waals surface area contributed by atoms with Crippen LogP contribution in [-0.2, 0) is 0 Å². The van der Waals surface area contributed by atoms with Crippen LogP contribution >= 0.6 is 94.1 Å². The number of allylic oxidation sites excluding steroid dienone is 2. The Morgan fingerprint density at radius 2 is 0.917 bits per heavy atom. The number of hydrogen-bond donors (Lipinski definition) is 0. The van der Waals surface area contributed by atoms with Crippen molar-refractivity contribution >= 4 is 94.1 Å². The van der Waals surface area contributed by atoms with Crippen LogP contribution in [0.4, 0.5) is 0 Å². The van der Waals surface area contributed by atoms with Gasteiger partial charge in [0, 0.05) is 23.5 Å². The van der Waals surface area contributed by atoms with Crippen molar-refractivity contribution in [1.82, 2.24) is 9.97 Å². The molecule has 36 heavy (non-hydrogen) atoms. The molecule has 0 atom stereocenters. The van der Waals surface area contributed by atoms with E-state index in [1.165, 1.54) is 16.9 Å². The fraction of sp³-hybridized carbons (Fsp3) is 0. The van der Waals surface area contributed by atoms with Crippen LogP contribution in [0.25, 0.3) is 11.4 Å². The predicted molar refractivity (Wildman–Crippen MR) is 170 cm³/mol. The lowest BCUT2D eigenvalue weighted by Gasteiger charge is -2.00. The van der Waals surface area contributed by atoms with E-state index in [9.17, 15) is 0 Å². The van der Waals surface area contributed by atoms with Crippen molar-refractivity contribution in [3.63, 3.8) is 0 Å². The maximum absolute atomic E-state index is 4.57. The first-order valence-electron chi connectivity index (χ1n) is 10.3. The monoisotopic (exact) mass is 608 g/mol. The number of pyridine rings is 2. The molecule has 2 aromatic heterocycles. The van der Waals surface area contributed by atoms with Gasteiger partial charge in [0.25, 0.3) is 0 Å². The van der Waals surface area contributed by atoms with Gasteiger partial charge in [-0.25, -0.2) is 0 Å². The van der Waals surface area contributed by atoms with Gasteiger partial charge in [-0.05, 0) is 56.7 Å². The van der Waals surface area contributed by atoms with Gasteiger partial charge in [0.15, 0.2) is 0 Å². The van der Waals surface area contributed by atoms with Crippen molar-refractivity contribution in [2.75, 3.05) is 0 Å². The molecule has 0 spiro atoms. The maximum Gasteiger partial charge on any atom is 0.0887 e. The van der Waals surface area contributed by atoms with Crippen LogP contribution in [0, 0.1) is 23.7 Å². The van der Waals surface area contributed by atoms with E-state index in [0.717, 1.165) is 32.3 Å². The molecule has 0 saturated heterocycles. The highest BCUT2D eigenvalue weighted by molar-refractivity contribution is 8.34. The Hall–Kier alpha value is -1.34. The molecule has 0 radical (unpaired) electrons. The molecule has 0 N–H and O–H groups in total. The minimum atomic E-state index is 0.821. The summed E-state index contributed by atoms with van der Waals surface area (Å²) < 4.78 is 5.30. The molecular formula is C26H12N2S8. The Labute approximate surface area is 244 Å². The third-order valence-electron chi connectivity index (χ3n) is 4.55. The normalized spacial score (nSPS) is 18.2. The molecule has 0 fully saturated rings. The van der Waals surface area contributed by atoms with E-state index < -0.39 is 0 Å². The Bertz CT molecular complexity index is 1390. The van der Waals surface area contributed by atoms with Crippen LogP contribution in [0.1, 0.15) is 11.1 Å². The lowest BCUT2D eigenvalue weighted by molar-refractivity contribution is 1.24. The van der Waals surface area contributed by atoms with Crippen molar-refractivity contribution in [2.24, 2.45) is 0 Å². The molecule has 0 bridgehead atoms. The van der Waals surface area contributed by atoms with E-state index >= 15 is 0 Å². The fourth-order valence-electron chi connectivity index (χ4n) is 2.91. The second kappa shape index (κ2) is 12.0. The van der Waals surface area contributed by atoms with Crippen LogP contribution in [0.5, 0.6) is 0 Å². The summed E-state index contributed by atoms with van der Waals surface area (Å²) in [6.45, 7) is 0. The van der Waals surface area contributed by atoms with Gasteiger partial charge in [0.1, 0.15) is 0 Å². The summed E-state index contributed by atoms with van der Waals surface area (Å²) in [5, 5.41) is 12.7. The zero-order valence-electron chi connectivity index (χ0n) is 18.1. The zero-order valence-corrected chi connectivity index (χ0v) is 24.6. The molecule has 0 unspecified atom stereocenters. The maximum atomic E-state index is 4.57. The van der Waals surface area contributed by atoms with Gasteiger partial charge in [0.2, 0.25) is 0 Å². The number of rotatable bonds is 1. The largest absolute Gasteiger partial charge is 0.253 e. The van der Waals surface area contributed by atoms with Gasteiger partial charge in [-0.3, -0.25) is 9.97 Å². The molecule has 4 aliphatic rings. The lowest BCUT2D eigenvalue weighted by Crippen LogP contribution is -1.89. The van der Waals surface area contributed by atoms with Gasteiger partial charge in [-0.15, -0.1) is 0 Å². The molecule has 10 heteroatoms. The summed E-state index contributed by atoms with van der Waals surface area (Å²) in [6.07, 6.45) is 3.61. The van der Waals surface area contributed by atoms with Crippen LogP contribution in [0.2, 0.25) is 0 Å². The number of thioether (sulfide) groups is 8. The number of aromatic nitrogens is 2. The average molecular weight is 609 g/mol. The average Bonchev–Trinajstić information content (AvgIpc) is 3.74. The van der Waals surface area contributed by atoms with E-state index in [0.29, 0.717) is 0 Å². The van der Waals surface area contributed by atoms with Crippen molar-refractivity contribution in [2.45, 2.75) is 0 Å². The summed E-state index contributed by atoms with van der Waals surface area (Å²) in [5.41, 5.74) is 3.42. The van der Waals surface area contributed by atoms with Gasteiger partial charge in [0.05, 0.1) is 38.1 Å². The number of nitrogens with zero attached hydrogens (tertiary/aromatic N) is 2. The first-order valence-corrected chi connectivity index (χ1v) is 17.2. The third-order valence-corrected chi connectivity index (χ3v) is 14.4. The zero-order chi connectivity index (χ0) is 24.2. The highest BCUT2D eigenvalue weighted by atomic mass is 32.2. The molecule has 6 rings (SSSR count).